The fourth-order valence-corrected chi connectivity index (χ4v) is 1.59. The molecule has 74 valence electrons. The highest BCUT2D eigenvalue weighted by Gasteiger charge is 2.02. The van der Waals surface area contributed by atoms with Gasteiger partial charge in [-0.1, -0.05) is 0 Å². The van der Waals surface area contributed by atoms with Crippen molar-refractivity contribution in [3.05, 3.63) is 17.5 Å². The van der Waals surface area contributed by atoms with E-state index < -0.39 is 0 Å². The van der Waals surface area contributed by atoms with Crippen molar-refractivity contribution in [3.8, 4) is 0 Å². The Kier molecular flexibility index (Phi) is 4.32. The van der Waals surface area contributed by atoms with E-state index in [1.165, 1.54) is 5.56 Å². The molecule has 1 heterocycles. The molecule has 0 saturated carbocycles. The largest absolute Gasteiger partial charge is 0.316 e. The van der Waals surface area contributed by atoms with Crippen LogP contribution in [0.3, 0.4) is 0 Å². The van der Waals surface area contributed by atoms with E-state index in [4.69, 9.17) is 0 Å². The predicted molar refractivity (Wildman–Crippen MR) is 58.1 cm³/mol. The monoisotopic (exact) mass is 199 g/mol. The number of aryl methyl sites for hydroxylation is 2. The quantitative estimate of drug-likeness (QED) is 0.774. The van der Waals surface area contributed by atoms with Crippen LogP contribution >= 0.6 is 11.8 Å². The normalized spacial score (nSPS) is 10.7. The summed E-state index contributed by atoms with van der Waals surface area (Å²) in [4.78, 5) is 0. The summed E-state index contributed by atoms with van der Waals surface area (Å²) < 4.78 is 2.03. The summed E-state index contributed by atoms with van der Waals surface area (Å²) in [6.45, 7) is 3.97. The van der Waals surface area contributed by atoms with E-state index in [-0.39, 0.29) is 0 Å². The third-order valence-electron chi connectivity index (χ3n) is 1.94. The van der Waals surface area contributed by atoms with Gasteiger partial charge in [-0.25, -0.2) is 0 Å². The van der Waals surface area contributed by atoms with Crippen LogP contribution in [0.15, 0.2) is 6.20 Å². The second-order valence-corrected chi connectivity index (χ2v) is 4.01. The van der Waals surface area contributed by atoms with Crippen molar-refractivity contribution in [2.75, 3.05) is 19.1 Å². The molecule has 0 aliphatic rings. The summed E-state index contributed by atoms with van der Waals surface area (Å²) in [5.41, 5.74) is 2.43. The number of nitrogens with zero attached hydrogens (tertiary/aromatic N) is 2. The molecular weight excluding hydrogens is 182 g/mol. The van der Waals surface area contributed by atoms with Crippen LogP contribution in [0, 0.1) is 6.92 Å². The zero-order valence-corrected chi connectivity index (χ0v) is 9.32. The van der Waals surface area contributed by atoms with Crippen LogP contribution in [0.1, 0.15) is 11.3 Å². The Morgan fingerprint density at radius 3 is 3.00 bits per heavy atom. The second-order valence-electron chi connectivity index (χ2n) is 3.03. The van der Waals surface area contributed by atoms with Crippen LogP contribution in [0.4, 0.5) is 0 Å². The molecule has 13 heavy (non-hydrogen) atoms. The average Bonchev–Trinajstić information content (AvgIpc) is 2.45. The molecule has 0 saturated heterocycles. The zero-order valence-electron chi connectivity index (χ0n) is 8.50. The van der Waals surface area contributed by atoms with Gasteiger partial charge in [0.2, 0.25) is 0 Å². The third kappa shape index (κ3) is 3.04. The summed E-state index contributed by atoms with van der Waals surface area (Å²) in [5, 5.41) is 7.57. The molecule has 1 N–H and O–H groups in total. The molecule has 0 amide bonds. The maximum absolute atomic E-state index is 4.43. The SMILES string of the molecule is CNCc1cn(CCSC)nc1C. The van der Waals surface area contributed by atoms with E-state index >= 15 is 0 Å². The van der Waals surface area contributed by atoms with Gasteiger partial charge in [0, 0.05) is 30.6 Å². The maximum atomic E-state index is 4.43. The summed E-state index contributed by atoms with van der Waals surface area (Å²) >= 11 is 1.85. The van der Waals surface area contributed by atoms with Gasteiger partial charge in [0.1, 0.15) is 0 Å². The van der Waals surface area contributed by atoms with Crippen LogP contribution in [-0.4, -0.2) is 28.8 Å². The van der Waals surface area contributed by atoms with Gasteiger partial charge in [0.05, 0.1) is 5.69 Å². The lowest BCUT2D eigenvalue weighted by Gasteiger charge is -1.97. The fraction of sp³-hybridized carbons (Fsp3) is 0.667. The first-order valence-corrected chi connectivity index (χ1v) is 5.83. The molecule has 0 aromatic carbocycles. The van der Waals surface area contributed by atoms with Crippen molar-refractivity contribution in [3.63, 3.8) is 0 Å². The number of hydrogen-bond acceptors (Lipinski definition) is 3. The zero-order chi connectivity index (χ0) is 9.68. The van der Waals surface area contributed by atoms with Crippen molar-refractivity contribution in [1.82, 2.24) is 15.1 Å². The van der Waals surface area contributed by atoms with E-state index in [1.54, 1.807) is 0 Å². The molecule has 1 aromatic heterocycles. The van der Waals surface area contributed by atoms with E-state index in [1.807, 2.05) is 23.5 Å². The van der Waals surface area contributed by atoms with Crippen molar-refractivity contribution >= 4 is 11.8 Å². The van der Waals surface area contributed by atoms with Gasteiger partial charge >= 0.3 is 0 Å². The van der Waals surface area contributed by atoms with Crippen LogP contribution in [0.2, 0.25) is 0 Å². The number of hydrogen-bond donors (Lipinski definition) is 1. The number of aromatic nitrogens is 2. The predicted octanol–water partition coefficient (Wildman–Crippen LogP) is 1.27. The average molecular weight is 199 g/mol. The highest BCUT2D eigenvalue weighted by Crippen LogP contribution is 2.05. The smallest absolute Gasteiger partial charge is 0.0638 e. The fourth-order valence-electron chi connectivity index (χ4n) is 1.22. The van der Waals surface area contributed by atoms with Crippen LogP contribution in [-0.2, 0) is 13.1 Å². The second kappa shape index (κ2) is 5.29. The minimum atomic E-state index is 0.908. The lowest BCUT2D eigenvalue weighted by Crippen LogP contribution is -2.05. The molecule has 1 rings (SSSR count). The molecule has 4 heteroatoms. The number of rotatable bonds is 5. The number of nitrogens with one attached hydrogen (secondary N) is 1. The Balaban J connectivity index is 2.59. The molecule has 0 unspecified atom stereocenters. The molecule has 0 fully saturated rings. The van der Waals surface area contributed by atoms with Crippen LogP contribution in [0.25, 0.3) is 0 Å². The topological polar surface area (TPSA) is 29.9 Å². The number of thioether (sulfide) groups is 1. The molecule has 0 aliphatic carbocycles. The molecule has 0 aliphatic heterocycles. The van der Waals surface area contributed by atoms with Crippen LogP contribution in [0.5, 0.6) is 0 Å². The molecule has 1 aromatic rings. The summed E-state index contributed by atoms with van der Waals surface area (Å²) in [5.74, 6) is 1.13. The first-order chi connectivity index (χ1) is 6.27. The molecule has 0 spiro atoms. The van der Waals surface area contributed by atoms with Crippen molar-refractivity contribution in [2.45, 2.75) is 20.0 Å². The standard InChI is InChI=1S/C9H17N3S/c1-8-9(6-10-2)7-12(11-8)4-5-13-3/h7,10H,4-6H2,1-3H3. The third-order valence-corrected chi connectivity index (χ3v) is 2.53. The molecule has 0 bridgehead atoms. The van der Waals surface area contributed by atoms with Gasteiger partial charge in [-0.15, -0.1) is 0 Å². The Labute approximate surface area is 83.9 Å². The van der Waals surface area contributed by atoms with Gasteiger partial charge in [0.25, 0.3) is 0 Å². The lowest BCUT2D eigenvalue weighted by atomic mass is 10.3. The minimum Gasteiger partial charge on any atom is -0.316 e. The Bertz CT molecular complexity index is 257. The van der Waals surface area contributed by atoms with Gasteiger partial charge in [-0.3, -0.25) is 4.68 Å². The van der Waals surface area contributed by atoms with Gasteiger partial charge in [-0.05, 0) is 20.2 Å². The van der Waals surface area contributed by atoms with E-state index in [0.29, 0.717) is 0 Å². The first-order valence-electron chi connectivity index (χ1n) is 4.44. The van der Waals surface area contributed by atoms with Crippen molar-refractivity contribution in [1.29, 1.82) is 0 Å². The summed E-state index contributed by atoms with van der Waals surface area (Å²) in [6.07, 6.45) is 4.24. The maximum Gasteiger partial charge on any atom is 0.0638 e. The van der Waals surface area contributed by atoms with E-state index in [2.05, 4.69) is 29.8 Å². The molecule has 3 nitrogen and oxygen atoms in total. The van der Waals surface area contributed by atoms with E-state index in [9.17, 15) is 0 Å². The van der Waals surface area contributed by atoms with Gasteiger partial charge in [0.15, 0.2) is 0 Å². The Morgan fingerprint density at radius 1 is 1.62 bits per heavy atom. The summed E-state index contributed by atoms with van der Waals surface area (Å²) in [6, 6.07) is 0. The highest BCUT2D eigenvalue weighted by molar-refractivity contribution is 7.98. The molecular formula is C9H17N3S. The first kappa shape index (κ1) is 10.6. The highest BCUT2D eigenvalue weighted by atomic mass is 32.2. The lowest BCUT2D eigenvalue weighted by molar-refractivity contribution is 0.659. The Hall–Kier alpha value is -0.480. The van der Waals surface area contributed by atoms with Crippen molar-refractivity contribution < 1.29 is 0 Å². The van der Waals surface area contributed by atoms with Crippen molar-refractivity contribution in [2.24, 2.45) is 0 Å². The van der Waals surface area contributed by atoms with Gasteiger partial charge < -0.3 is 5.32 Å². The minimum absolute atomic E-state index is 0.908. The summed E-state index contributed by atoms with van der Waals surface area (Å²) in [7, 11) is 1.96. The van der Waals surface area contributed by atoms with Crippen LogP contribution < -0.4 is 5.32 Å². The molecule has 0 radical (unpaired) electrons. The Morgan fingerprint density at radius 2 is 2.38 bits per heavy atom. The van der Waals surface area contributed by atoms with Gasteiger partial charge in [-0.2, -0.15) is 16.9 Å². The van der Waals surface area contributed by atoms with E-state index in [0.717, 1.165) is 24.5 Å². The molecule has 0 atom stereocenters.